The first-order valence-electron chi connectivity index (χ1n) is 6.79. The van der Waals surface area contributed by atoms with Crippen LogP contribution in [0, 0.1) is 19.8 Å². The largest absolute Gasteiger partial charge is 0.456 e. The molecule has 0 saturated carbocycles. The highest BCUT2D eigenvalue weighted by Gasteiger charge is 2.22. The van der Waals surface area contributed by atoms with Gasteiger partial charge in [0.05, 0.1) is 5.60 Å². The minimum absolute atomic E-state index is 0.233. The van der Waals surface area contributed by atoms with Crippen molar-refractivity contribution in [1.82, 2.24) is 5.32 Å². The number of aliphatic hydroxyl groups is 1. The molecule has 1 unspecified atom stereocenters. The van der Waals surface area contributed by atoms with Crippen molar-refractivity contribution in [2.75, 3.05) is 6.54 Å². The third kappa shape index (κ3) is 5.07. The first kappa shape index (κ1) is 15.8. The number of nitrogens with one attached hydrogen (secondary N) is 1. The van der Waals surface area contributed by atoms with E-state index in [2.05, 4.69) is 19.2 Å². The fourth-order valence-electron chi connectivity index (χ4n) is 1.73. The van der Waals surface area contributed by atoms with E-state index < -0.39 is 5.60 Å². The summed E-state index contributed by atoms with van der Waals surface area (Å²) in [7, 11) is 0. The summed E-state index contributed by atoms with van der Waals surface area (Å²) in [6.07, 6.45) is 1.60. The molecule has 0 aromatic carbocycles. The van der Waals surface area contributed by atoms with Crippen molar-refractivity contribution in [3.05, 3.63) is 23.2 Å². The van der Waals surface area contributed by atoms with Crippen LogP contribution in [0.3, 0.4) is 0 Å². The number of amides is 1. The van der Waals surface area contributed by atoms with E-state index in [9.17, 15) is 9.90 Å². The highest BCUT2D eigenvalue weighted by Crippen LogP contribution is 2.16. The molecule has 0 saturated heterocycles. The second-order valence-corrected chi connectivity index (χ2v) is 5.96. The van der Waals surface area contributed by atoms with E-state index >= 15 is 0 Å². The highest BCUT2D eigenvalue weighted by molar-refractivity contribution is 5.91. The first-order valence-corrected chi connectivity index (χ1v) is 6.79. The molecule has 1 atom stereocenters. The van der Waals surface area contributed by atoms with Crippen LogP contribution in [0.1, 0.15) is 55.5 Å². The Kier molecular flexibility index (Phi) is 5.18. The van der Waals surface area contributed by atoms with Crippen LogP contribution in [0.25, 0.3) is 0 Å². The lowest BCUT2D eigenvalue weighted by Crippen LogP contribution is -2.40. The van der Waals surface area contributed by atoms with Gasteiger partial charge >= 0.3 is 0 Å². The van der Waals surface area contributed by atoms with Crippen molar-refractivity contribution in [3.63, 3.8) is 0 Å². The second-order valence-electron chi connectivity index (χ2n) is 5.96. The fraction of sp³-hybridized carbons (Fsp3) is 0.667. The van der Waals surface area contributed by atoms with Crippen molar-refractivity contribution >= 4 is 5.91 Å². The van der Waals surface area contributed by atoms with Gasteiger partial charge in [-0.15, -0.1) is 0 Å². The van der Waals surface area contributed by atoms with Crippen LogP contribution in [0.5, 0.6) is 0 Å². The van der Waals surface area contributed by atoms with Gasteiger partial charge in [-0.25, -0.2) is 0 Å². The Morgan fingerprint density at radius 1 is 1.47 bits per heavy atom. The molecule has 0 aliphatic rings. The monoisotopic (exact) mass is 267 g/mol. The molecule has 4 heteroatoms. The number of hydrogen-bond donors (Lipinski definition) is 2. The van der Waals surface area contributed by atoms with Gasteiger partial charge in [0.25, 0.3) is 5.91 Å². The number of carbonyl (C=O) groups excluding carboxylic acids is 1. The maximum Gasteiger partial charge on any atom is 0.287 e. The molecule has 0 radical (unpaired) electrons. The minimum atomic E-state index is -0.878. The smallest absolute Gasteiger partial charge is 0.287 e. The van der Waals surface area contributed by atoms with Crippen molar-refractivity contribution < 1.29 is 14.3 Å². The Labute approximate surface area is 115 Å². The van der Waals surface area contributed by atoms with Crippen molar-refractivity contribution in [2.24, 2.45) is 5.92 Å². The molecule has 4 nitrogen and oxygen atoms in total. The first-order chi connectivity index (χ1) is 8.71. The number of hydrogen-bond acceptors (Lipinski definition) is 3. The quantitative estimate of drug-likeness (QED) is 0.833. The number of furan rings is 1. The summed E-state index contributed by atoms with van der Waals surface area (Å²) in [6.45, 7) is 9.93. The lowest BCUT2D eigenvalue weighted by molar-refractivity contribution is 0.0423. The highest BCUT2D eigenvalue weighted by atomic mass is 16.3. The number of aryl methyl sites for hydroxylation is 2. The zero-order valence-corrected chi connectivity index (χ0v) is 12.5. The Morgan fingerprint density at radius 3 is 2.58 bits per heavy atom. The molecule has 1 rings (SSSR count). The molecule has 0 aliphatic heterocycles. The Hall–Kier alpha value is -1.29. The predicted octanol–water partition coefficient (Wildman–Crippen LogP) is 2.81. The molecule has 19 heavy (non-hydrogen) atoms. The van der Waals surface area contributed by atoms with Crippen LogP contribution in [0.4, 0.5) is 0 Å². The molecule has 1 aromatic rings. The summed E-state index contributed by atoms with van der Waals surface area (Å²) < 4.78 is 5.35. The van der Waals surface area contributed by atoms with Gasteiger partial charge in [0.2, 0.25) is 0 Å². The topological polar surface area (TPSA) is 62.5 Å². The average Bonchev–Trinajstić information content (AvgIpc) is 2.64. The summed E-state index contributed by atoms with van der Waals surface area (Å²) in [4.78, 5) is 11.9. The maximum atomic E-state index is 11.9. The Morgan fingerprint density at radius 2 is 2.11 bits per heavy atom. The van der Waals surface area contributed by atoms with E-state index in [0.29, 0.717) is 18.1 Å². The zero-order valence-electron chi connectivity index (χ0n) is 12.5. The molecule has 1 aromatic heterocycles. The van der Waals surface area contributed by atoms with E-state index in [4.69, 9.17) is 4.42 Å². The second kappa shape index (κ2) is 6.24. The van der Waals surface area contributed by atoms with Crippen LogP contribution in [0.2, 0.25) is 0 Å². The zero-order chi connectivity index (χ0) is 14.6. The lowest BCUT2D eigenvalue weighted by atomic mass is 9.95. The van der Waals surface area contributed by atoms with Crippen LogP contribution in [-0.4, -0.2) is 23.2 Å². The van der Waals surface area contributed by atoms with E-state index in [1.54, 1.807) is 13.0 Å². The molecule has 1 amide bonds. The van der Waals surface area contributed by atoms with Gasteiger partial charge in [0.15, 0.2) is 5.76 Å². The third-order valence-electron chi connectivity index (χ3n) is 3.28. The summed E-state index contributed by atoms with van der Waals surface area (Å²) in [6, 6.07) is 1.72. The van der Waals surface area contributed by atoms with Gasteiger partial charge in [-0.05, 0) is 51.2 Å². The summed E-state index contributed by atoms with van der Waals surface area (Å²) in [5.41, 5.74) is 0.0769. The molecule has 0 fully saturated rings. The van der Waals surface area contributed by atoms with Crippen molar-refractivity contribution in [3.8, 4) is 0 Å². The fourth-order valence-corrected chi connectivity index (χ4v) is 1.73. The van der Waals surface area contributed by atoms with Gasteiger partial charge in [0, 0.05) is 6.54 Å². The third-order valence-corrected chi connectivity index (χ3v) is 3.28. The molecule has 2 N–H and O–H groups in total. The number of rotatable bonds is 6. The Bertz CT molecular complexity index is 413. The molecule has 0 bridgehead atoms. The molecular weight excluding hydrogens is 242 g/mol. The van der Waals surface area contributed by atoms with Crippen molar-refractivity contribution in [1.29, 1.82) is 0 Å². The summed E-state index contributed by atoms with van der Waals surface area (Å²) in [5, 5.41) is 12.9. The molecule has 1 heterocycles. The van der Waals surface area contributed by atoms with Gasteiger partial charge in [-0.1, -0.05) is 13.8 Å². The predicted molar refractivity (Wildman–Crippen MR) is 75.2 cm³/mol. The molecule has 0 spiro atoms. The number of carbonyl (C=O) groups is 1. The normalized spacial score (nSPS) is 14.5. The van der Waals surface area contributed by atoms with Gasteiger partial charge in [-0.2, -0.15) is 0 Å². The van der Waals surface area contributed by atoms with Gasteiger partial charge in [-0.3, -0.25) is 4.79 Å². The van der Waals surface area contributed by atoms with Crippen LogP contribution < -0.4 is 5.32 Å². The van der Waals surface area contributed by atoms with Gasteiger partial charge in [0.1, 0.15) is 5.76 Å². The van der Waals surface area contributed by atoms with Crippen LogP contribution in [0.15, 0.2) is 10.5 Å². The summed E-state index contributed by atoms with van der Waals surface area (Å²) in [5.74, 6) is 1.31. The van der Waals surface area contributed by atoms with E-state index in [-0.39, 0.29) is 12.5 Å². The van der Waals surface area contributed by atoms with Crippen LogP contribution >= 0.6 is 0 Å². The summed E-state index contributed by atoms with van der Waals surface area (Å²) >= 11 is 0. The van der Waals surface area contributed by atoms with E-state index in [0.717, 1.165) is 17.7 Å². The molecule has 0 aliphatic carbocycles. The molecule has 108 valence electrons. The van der Waals surface area contributed by atoms with Gasteiger partial charge < -0.3 is 14.8 Å². The maximum absolute atomic E-state index is 11.9. The van der Waals surface area contributed by atoms with E-state index in [1.165, 1.54) is 0 Å². The SMILES string of the molecule is Cc1cc(C(=O)NCC(C)(O)CCC(C)C)oc1C. The van der Waals surface area contributed by atoms with Crippen molar-refractivity contribution in [2.45, 2.75) is 53.1 Å². The lowest BCUT2D eigenvalue weighted by Gasteiger charge is -2.24. The average molecular weight is 267 g/mol. The standard InChI is InChI=1S/C15H25NO3/c1-10(2)6-7-15(5,18)9-16-14(17)13-8-11(3)12(4)19-13/h8,10,18H,6-7,9H2,1-5H3,(H,16,17). The molecular formula is C15H25NO3. The Balaban J connectivity index is 2.49. The van der Waals surface area contributed by atoms with Crippen LogP contribution in [-0.2, 0) is 0 Å². The minimum Gasteiger partial charge on any atom is -0.456 e. The van der Waals surface area contributed by atoms with E-state index in [1.807, 2.05) is 13.8 Å².